The lowest BCUT2D eigenvalue weighted by Crippen LogP contribution is -2.33. The zero-order chi connectivity index (χ0) is 12.5. The molecular formula is C12H15ClN2O2. The molecule has 0 saturated heterocycles. The van der Waals surface area contributed by atoms with Gasteiger partial charge in [0, 0.05) is 24.4 Å². The molecule has 0 bridgehead atoms. The summed E-state index contributed by atoms with van der Waals surface area (Å²) >= 11 is 5.93. The van der Waals surface area contributed by atoms with Crippen molar-refractivity contribution in [1.82, 2.24) is 10.6 Å². The quantitative estimate of drug-likeness (QED) is 0.704. The Morgan fingerprint density at radius 3 is 2.88 bits per heavy atom. The highest BCUT2D eigenvalue weighted by atomic mass is 35.5. The molecule has 92 valence electrons. The lowest BCUT2D eigenvalue weighted by molar-refractivity contribution is 0.241. The molecule has 17 heavy (non-hydrogen) atoms. The Labute approximate surface area is 105 Å². The molecule has 4 nitrogen and oxygen atoms in total. The molecule has 0 fully saturated rings. The highest BCUT2D eigenvalue weighted by molar-refractivity contribution is 6.32. The number of hydrogen-bond donors (Lipinski definition) is 3. The van der Waals surface area contributed by atoms with Crippen LogP contribution in [0.5, 0.6) is 0 Å². The van der Waals surface area contributed by atoms with Crippen molar-refractivity contribution >= 4 is 23.7 Å². The molecule has 0 aliphatic carbocycles. The Hall–Kier alpha value is -1.52. The second-order valence-electron chi connectivity index (χ2n) is 3.33. The van der Waals surface area contributed by atoms with Crippen LogP contribution in [0.3, 0.4) is 0 Å². The standard InChI is InChI=1S/C12H15ClN2O2/c13-11-5-2-1-4-10(11)6-8-15-12(17)14-7-3-9-16/h1-2,4-6,8,16H,3,7,9H2,(H2,14,15,17)/b8-6+. The number of benzene rings is 1. The first-order valence-electron chi connectivity index (χ1n) is 5.30. The van der Waals surface area contributed by atoms with Gasteiger partial charge in [-0.05, 0) is 24.1 Å². The van der Waals surface area contributed by atoms with Crippen molar-refractivity contribution in [1.29, 1.82) is 0 Å². The molecule has 1 aromatic carbocycles. The first kappa shape index (κ1) is 13.5. The van der Waals surface area contributed by atoms with E-state index in [-0.39, 0.29) is 12.6 Å². The van der Waals surface area contributed by atoms with Crippen molar-refractivity contribution in [2.45, 2.75) is 6.42 Å². The number of rotatable bonds is 5. The van der Waals surface area contributed by atoms with Crippen LogP contribution in [0.2, 0.25) is 5.02 Å². The van der Waals surface area contributed by atoms with Crippen LogP contribution in [0.15, 0.2) is 30.5 Å². The molecule has 0 radical (unpaired) electrons. The fourth-order valence-electron chi connectivity index (χ4n) is 1.15. The van der Waals surface area contributed by atoms with Gasteiger partial charge in [-0.25, -0.2) is 4.79 Å². The molecule has 0 spiro atoms. The molecule has 0 atom stereocenters. The summed E-state index contributed by atoms with van der Waals surface area (Å²) in [5.74, 6) is 0. The molecule has 0 saturated carbocycles. The third-order valence-corrected chi connectivity index (χ3v) is 2.35. The maximum absolute atomic E-state index is 11.2. The summed E-state index contributed by atoms with van der Waals surface area (Å²) in [6.45, 7) is 0.512. The summed E-state index contributed by atoms with van der Waals surface area (Å²) in [6, 6.07) is 7.04. The van der Waals surface area contributed by atoms with Gasteiger partial charge in [-0.3, -0.25) is 0 Å². The van der Waals surface area contributed by atoms with E-state index in [9.17, 15) is 4.79 Å². The van der Waals surface area contributed by atoms with E-state index < -0.39 is 0 Å². The minimum absolute atomic E-state index is 0.0652. The summed E-state index contributed by atoms with van der Waals surface area (Å²) in [5, 5.41) is 14.3. The Bertz CT molecular complexity index is 394. The summed E-state index contributed by atoms with van der Waals surface area (Å²) < 4.78 is 0. The molecule has 5 heteroatoms. The van der Waals surface area contributed by atoms with Crippen LogP contribution in [0.4, 0.5) is 4.79 Å². The Kier molecular flexibility index (Phi) is 6.14. The van der Waals surface area contributed by atoms with Crippen molar-refractivity contribution in [2.24, 2.45) is 0 Å². The van der Waals surface area contributed by atoms with E-state index in [1.807, 2.05) is 18.2 Å². The molecule has 3 N–H and O–H groups in total. The van der Waals surface area contributed by atoms with Gasteiger partial charge in [0.2, 0.25) is 0 Å². The molecule has 1 rings (SSSR count). The normalized spacial score (nSPS) is 10.5. The van der Waals surface area contributed by atoms with Crippen molar-refractivity contribution < 1.29 is 9.90 Å². The van der Waals surface area contributed by atoms with E-state index in [0.29, 0.717) is 18.0 Å². The smallest absolute Gasteiger partial charge is 0.318 e. The summed E-state index contributed by atoms with van der Waals surface area (Å²) in [7, 11) is 0. The highest BCUT2D eigenvalue weighted by Crippen LogP contribution is 2.15. The zero-order valence-corrected chi connectivity index (χ0v) is 10.1. The second-order valence-corrected chi connectivity index (χ2v) is 3.74. The predicted molar refractivity (Wildman–Crippen MR) is 68.7 cm³/mol. The van der Waals surface area contributed by atoms with E-state index in [4.69, 9.17) is 16.7 Å². The summed E-state index contributed by atoms with van der Waals surface area (Å²) in [5.41, 5.74) is 0.838. The van der Waals surface area contributed by atoms with E-state index in [1.54, 1.807) is 12.1 Å². The molecule has 0 aliphatic rings. The number of urea groups is 1. The SMILES string of the molecule is O=C(N/C=C/c1ccccc1Cl)NCCCO. The van der Waals surface area contributed by atoms with E-state index >= 15 is 0 Å². The monoisotopic (exact) mass is 254 g/mol. The lowest BCUT2D eigenvalue weighted by atomic mass is 10.2. The molecule has 2 amide bonds. The van der Waals surface area contributed by atoms with Crippen LogP contribution >= 0.6 is 11.6 Å². The number of carbonyl (C=O) groups excluding carboxylic acids is 1. The lowest BCUT2D eigenvalue weighted by Gasteiger charge is -2.02. The first-order chi connectivity index (χ1) is 8.24. The van der Waals surface area contributed by atoms with E-state index in [1.165, 1.54) is 6.20 Å². The third kappa shape index (κ3) is 5.38. The number of nitrogens with one attached hydrogen (secondary N) is 2. The van der Waals surface area contributed by atoms with Crippen LogP contribution < -0.4 is 10.6 Å². The van der Waals surface area contributed by atoms with Crippen LogP contribution in [0.25, 0.3) is 6.08 Å². The number of aliphatic hydroxyl groups excluding tert-OH is 1. The van der Waals surface area contributed by atoms with Crippen molar-refractivity contribution in [3.63, 3.8) is 0 Å². The van der Waals surface area contributed by atoms with Gasteiger partial charge in [-0.1, -0.05) is 29.8 Å². The van der Waals surface area contributed by atoms with Gasteiger partial charge in [0.25, 0.3) is 0 Å². The Balaban J connectivity index is 2.35. The number of halogens is 1. The van der Waals surface area contributed by atoms with Gasteiger partial charge in [-0.2, -0.15) is 0 Å². The van der Waals surface area contributed by atoms with Crippen LogP contribution in [-0.2, 0) is 0 Å². The maximum Gasteiger partial charge on any atom is 0.318 e. The molecular weight excluding hydrogens is 240 g/mol. The minimum Gasteiger partial charge on any atom is -0.396 e. The van der Waals surface area contributed by atoms with Crippen molar-refractivity contribution in [3.8, 4) is 0 Å². The average molecular weight is 255 g/mol. The van der Waals surface area contributed by atoms with Gasteiger partial charge in [-0.15, -0.1) is 0 Å². The second kappa shape index (κ2) is 7.70. The van der Waals surface area contributed by atoms with Gasteiger partial charge < -0.3 is 15.7 Å². The highest BCUT2D eigenvalue weighted by Gasteiger charge is 1.96. The summed E-state index contributed by atoms with van der Waals surface area (Å²) in [4.78, 5) is 11.2. The average Bonchev–Trinajstić information content (AvgIpc) is 2.32. The van der Waals surface area contributed by atoms with E-state index in [2.05, 4.69) is 10.6 Å². The number of hydrogen-bond acceptors (Lipinski definition) is 2. The molecule has 1 aromatic rings. The zero-order valence-electron chi connectivity index (χ0n) is 9.32. The van der Waals surface area contributed by atoms with Crippen LogP contribution in [0, 0.1) is 0 Å². The number of carbonyl (C=O) groups is 1. The third-order valence-electron chi connectivity index (χ3n) is 2.00. The maximum atomic E-state index is 11.2. The topological polar surface area (TPSA) is 61.4 Å². The number of amides is 2. The fraction of sp³-hybridized carbons (Fsp3) is 0.250. The van der Waals surface area contributed by atoms with Gasteiger partial charge in [0.05, 0.1) is 0 Å². The van der Waals surface area contributed by atoms with Gasteiger partial charge in [0.1, 0.15) is 0 Å². The van der Waals surface area contributed by atoms with E-state index in [0.717, 1.165) is 5.56 Å². The predicted octanol–water partition coefficient (Wildman–Crippen LogP) is 1.99. The number of aliphatic hydroxyl groups is 1. The van der Waals surface area contributed by atoms with Crippen molar-refractivity contribution in [2.75, 3.05) is 13.2 Å². The van der Waals surface area contributed by atoms with Gasteiger partial charge in [0.15, 0.2) is 0 Å². The van der Waals surface area contributed by atoms with Crippen molar-refractivity contribution in [3.05, 3.63) is 41.1 Å². The Morgan fingerprint density at radius 2 is 2.18 bits per heavy atom. The molecule has 0 aromatic heterocycles. The minimum atomic E-state index is -0.304. The molecule has 0 aliphatic heterocycles. The molecule has 0 heterocycles. The van der Waals surface area contributed by atoms with Crippen LogP contribution in [0.1, 0.15) is 12.0 Å². The first-order valence-corrected chi connectivity index (χ1v) is 5.68. The Morgan fingerprint density at radius 1 is 1.41 bits per heavy atom. The molecule has 0 unspecified atom stereocenters. The largest absolute Gasteiger partial charge is 0.396 e. The van der Waals surface area contributed by atoms with Gasteiger partial charge >= 0.3 is 6.03 Å². The van der Waals surface area contributed by atoms with Crippen LogP contribution in [-0.4, -0.2) is 24.3 Å². The fourth-order valence-corrected chi connectivity index (χ4v) is 1.35. The summed E-state index contributed by atoms with van der Waals surface area (Å²) in [6.07, 6.45) is 3.78.